The van der Waals surface area contributed by atoms with E-state index < -0.39 is 0 Å². The van der Waals surface area contributed by atoms with Crippen molar-refractivity contribution in [2.75, 3.05) is 6.54 Å². The Bertz CT molecular complexity index is 1110. The number of nitrogens with zero attached hydrogens (tertiary/aromatic N) is 3. The number of fused-ring (bicyclic) bond motifs is 1. The number of hydrogen-bond donors (Lipinski definition) is 1. The molecule has 0 atom stereocenters. The summed E-state index contributed by atoms with van der Waals surface area (Å²) in [7, 11) is 0. The number of nitrogens with one attached hydrogen (secondary N) is 1. The SMILES string of the molecule is O=C(Cc1ccccc1Cl)NCCn1c(-c2ccncc2)nc2ccccc21. The summed E-state index contributed by atoms with van der Waals surface area (Å²) in [6.07, 6.45) is 3.77. The predicted molar refractivity (Wildman–Crippen MR) is 111 cm³/mol. The molecule has 0 fully saturated rings. The zero-order valence-electron chi connectivity index (χ0n) is 15.2. The van der Waals surface area contributed by atoms with Gasteiger partial charge >= 0.3 is 0 Å². The number of amides is 1. The number of carbonyl (C=O) groups excluding carboxylic acids is 1. The average molecular weight is 391 g/mol. The first-order valence-electron chi connectivity index (χ1n) is 9.08. The van der Waals surface area contributed by atoms with Crippen LogP contribution in [0.4, 0.5) is 0 Å². The summed E-state index contributed by atoms with van der Waals surface area (Å²) in [5, 5.41) is 3.59. The molecule has 140 valence electrons. The molecule has 0 saturated carbocycles. The molecule has 0 aliphatic heterocycles. The summed E-state index contributed by atoms with van der Waals surface area (Å²) in [5.41, 5.74) is 3.78. The number of carbonyl (C=O) groups is 1. The monoisotopic (exact) mass is 390 g/mol. The van der Waals surface area contributed by atoms with Gasteiger partial charge in [-0.3, -0.25) is 9.78 Å². The second kappa shape index (κ2) is 8.23. The Balaban J connectivity index is 1.50. The molecule has 0 unspecified atom stereocenters. The van der Waals surface area contributed by atoms with Gasteiger partial charge in [-0.15, -0.1) is 0 Å². The molecule has 2 aromatic heterocycles. The lowest BCUT2D eigenvalue weighted by molar-refractivity contribution is -0.120. The molecular weight excluding hydrogens is 372 g/mol. The first-order chi connectivity index (χ1) is 13.7. The fourth-order valence-electron chi connectivity index (χ4n) is 3.21. The van der Waals surface area contributed by atoms with Crippen LogP contribution in [-0.4, -0.2) is 27.0 Å². The largest absolute Gasteiger partial charge is 0.354 e. The fourth-order valence-corrected chi connectivity index (χ4v) is 3.41. The summed E-state index contributed by atoms with van der Waals surface area (Å²) >= 11 is 6.14. The highest BCUT2D eigenvalue weighted by Crippen LogP contribution is 2.24. The Labute approximate surface area is 168 Å². The normalized spacial score (nSPS) is 10.9. The van der Waals surface area contributed by atoms with Crippen molar-refractivity contribution in [3.05, 3.63) is 83.6 Å². The first kappa shape index (κ1) is 18.2. The van der Waals surface area contributed by atoms with Gasteiger partial charge in [-0.05, 0) is 35.9 Å². The van der Waals surface area contributed by atoms with Gasteiger partial charge in [0, 0.05) is 36.1 Å². The summed E-state index contributed by atoms with van der Waals surface area (Å²) < 4.78 is 2.13. The van der Waals surface area contributed by atoms with Crippen molar-refractivity contribution in [3.8, 4) is 11.4 Å². The Morgan fingerprint density at radius 1 is 1.00 bits per heavy atom. The van der Waals surface area contributed by atoms with Gasteiger partial charge in [-0.2, -0.15) is 0 Å². The van der Waals surface area contributed by atoms with Crippen LogP contribution < -0.4 is 5.32 Å². The molecular formula is C22H19ClN4O. The topological polar surface area (TPSA) is 59.8 Å². The average Bonchev–Trinajstić information content (AvgIpc) is 3.09. The second-order valence-electron chi connectivity index (χ2n) is 6.43. The molecule has 4 aromatic rings. The van der Waals surface area contributed by atoms with Crippen molar-refractivity contribution < 1.29 is 4.79 Å². The van der Waals surface area contributed by atoms with Crippen LogP contribution in [0.3, 0.4) is 0 Å². The van der Waals surface area contributed by atoms with Crippen molar-refractivity contribution >= 4 is 28.5 Å². The van der Waals surface area contributed by atoms with Crippen LogP contribution >= 0.6 is 11.6 Å². The molecule has 2 heterocycles. The number of rotatable bonds is 6. The molecule has 0 aliphatic carbocycles. The van der Waals surface area contributed by atoms with E-state index in [1.807, 2.05) is 54.6 Å². The van der Waals surface area contributed by atoms with Crippen molar-refractivity contribution in [1.82, 2.24) is 19.9 Å². The maximum atomic E-state index is 12.3. The van der Waals surface area contributed by atoms with E-state index in [2.05, 4.69) is 14.9 Å². The minimum atomic E-state index is -0.0528. The molecule has 1 amide bonds. The minimum Gasteiger partial charge on any atom is -0.354 e. The van der Waals surface area contributed by atoms with Gasteiger partial charge in [0.1, 0.15) is 5.82 Å². The second-order valence-corrected chi connectivity index (χ2v) is 6.84. The molecule has 2 aromatic carbocycles. The third-order valence-corrected chi connectivity index (χ3v) is 4.93. The summed E-state index contributed by atoms with van der Waals surface area (Å²) in [4.78, 5) is 21.2. The third kappa shape index (κ3) is 3.89. The van der Waals surface area contributed by atoms with Crippen LogP contribution in [0.25, 0.3) is 22.4 Å². The number of imidazole rings is 1. The molecule has 0 aliphatic rings. The van der Waals surface area contributed by atoms with Crippen molar-refractivity contribution in [2.24, 2.45) is 0 Å². The predicted octanol–water partition coefficient (Wildman–Crippen LogP) is 4.11. The van der Waals surface area contributed by atoms with Crippen LogP contribution in [0.1, 0.15) is 5.56 Å². The third-order valence-electron chi connectivity index (χ3n) is 4.56. The highest BCUT2D eigenvalue weighted by atomic mass is 35.5. The zero-order valence-corrected chi connectivity index (χ0v) is 15.9. The van der Waals surface area contributed by atoms with Crippen molar-refractivity contribution in [3.63, 3.8) is 0 Å². The Hall–Kier alpha value is -3.18. The van der Waals surface area contributed by atoms with Crippen LogP contribution in [0.5, 0.6) is 0 Å². The molecule has 1 N–H and O–H groups in total. The fraction of sp³-hybridized carbons (Fsp3) is 0.136. The number of benzene rings is 2. The Morgan fingerprint density at radius 3 is 2.57 bits per heavy atom. The van der Waals surface area contributed by atoms with E-state index >= 15 is 0 Å². The van der Waals surface area contributed by atoms with Gasteiger partial charge < -0.3 is 9.88 Å². The van der Waals surface area contributed by atoms with E-state index in [1.54, 1.807) is 18.5 Å². The summed E-state index contributed by atoms with van der Waals surface area (Å²) in [5.74, 6) is 0.812. The molecule has 0 radical (unpaired) electrons. The van der Waals surface area contributed by atoms with E-state index in [0.29, 0.717) is 18.1 Å². The quantitative estimate of drug-likeness (QED) is 0.539. The Morgan fingerprint density at radius 2 is 1.75 bits per heavy atom. The van der Waals surface area contributed by atoms with Gasteiger partial charge in [0.15, 0.2) is 0 Å². The van der Waals surface area contributed by atoms with E-state index in [1.165, 1.54) is 0 Å². The van der Waals surface area contributed by atoms with Crippen LogP contribution in [0.15, 0.2) is 73.1 Å². The van der Waals surface area contributed by atoms with E-state index in [9.17, 15) is 4.79 Å². The van der Waals surface area contributed by atoms with Gasteiger partial charge in [0.2, 0.25) is 5.91 Å². The van der Waals surface area contributed by atoms with Gasteiger partial charge in [0.05, 0.1) is 17.5 Å². The highest BCUT2D eigenvalue weighted by Gasteiger charge is 2.13. The number of pyridine rings is 1. The summed E-state index contributed by atoms with van der Waals surface area (Å²) in [6.45, 7) is 1.12. The number of halogens is 1. The Kier molecular flexibility index (Phi) is 5.35. The number of para-hydroxylation sites is 2. The lowest BCUT2D eigenvalue weighted by Gasteiger charge is -2.11. The van der Waals surface area contributed by atoms with Gasteiger partial charge in [-0.25, -0.2) is 4.98 Å². The van der Waals surface area contributed by atoms with Gasteiger partial charge in [-0.1, -0.05) is 41.9 Å². The molecule has 0 bridgehead atoms. The van der Waals surface area contributed by atoms with Crippen LogP contribution in [0, 0.1) is 0 Å². The molecule has 6 heteroatoms. The number of aromatic nitrogens is 3. The van der Waals surface area contributed by atoms with Crippen molar-refractivity contribution in [2.45, 2.75) is 13.0 Å². The molecule has 5 nitrogen and oxygen atoms in total. The van der Waals surface area contributed by atoms with Crippen LogP contribution in [0.2, 0.25) is 5.02 Å². The molecule has 4 rings (SSSR count). The van der Waals surface area contributed by atoms with E-state index in [0.717, 1.165) is 28.0 Å². The zero-order chi connectivity index (χ0) is 19.3. The number of hydrogen-bond acceptors (Lipinski definition) is 3. The van der Waals surface area contributed by atoms with E-state index in [-0.39, 0.29) is 12.3 Å². The molecule has 0 saturated heterocycles. The van der Waals surface area contributed by atoms with Gasteiger partial charge in [0.25, 0.3) is 0 Å². The minimum absolute atomic E-state index is 0.0528. The van der Waals surface area contributed by atoms with Crippen LogP contribution in [-0.2, 0) is 17.8 Å². The summed E-state index contributed by atoms with van der Waals surface area (Å²) in [6, 6.07) is 19.3. The standard InChI is InChI=1S/C22H19ClN4O/c23-18-6-2-1-5-17(18)15-21(28)25-13-14-27-20-8-4-3-7-19(20)26-22(27)16-9-11-24-12-10-16/h1-12H,13-15H2,(H,25,28). The van der Waals surface area contributed by atoms with E-state index in [4.69, 9.17) is 16.6 Å². The lowest BCUT2D eigenvalue weighted by atomic mass is 10.1. The molecule has 28 heavy (non-hydrogen) atoms. The maximum absolute atomic E-state index is 12.3. The molecule has 0 spiro atoms. The first-order valence-corrected chi connectivity index (χ1v) is 9.46. The van der Waals surface area contributed by atoms with Crippen molar-refractivity contribution in [1.29, 1.82) is 0 Å². The lowest BCUT2D eigenvalue weighted by Crippen LogP contribution is -2.28. The smallest absolute Gasteiger partial charge is 0.224 e. The maximum Gasteiger partial charge on any atom is 0.224 e. The highest BCUT2D eigenvalue weighted by molar-refractivity contribution is 6.31.